The van der Waals surface area contributed by atoms with Gasteiger partial charge in [-0.15, -0.1) is 0 Å². The first-order chi connectivity index (χ1) is 8.02. The summed E-state index contributed by atoms with van der Waals surface area (Å²) in [7, 11) is 1.81. The molecule has 17 heavy (non-hydrogen) atoms. The fraction of sp³-hybridized carbons (Fsp3) is 0.357. The van der Waals surface area contributed by atoms with Crippen molar-refractivity contribution in [3.8, 4) is 0 Å². The van der Waals surface area contributed by atoms with E-state index in [2.05, 4.69) is 31.0 Å². The number of rotatable bonds is 2. The summed E-state index contributed by atoms with van der Waals surface area (Å²) in [5.74, 6) is 0.0424. The number of benzene rings is 1. The molecular formula is C14H18N2O. The van der Waals surface area contributed by atoms with Crippen LogP contribution in [-0.4, -0.2) is 29.4 Å². The minimum atomic E-state index is 0.0424. The summed E-state index contributed by atoms with van der Waals surface area (Å²) in [6.45, 7) is 6.82. The van der Waals surface area contributed by atoms with E-state index in [-0.39, 0.29) is 5.91 Å². The van der Waals surface area contributed by atoms with E-state index in [1.807, 2.05) is 20.0 Å². The van der Waals surface area contributed by atoms with E-state index in [0.29, 0.717) is 12.2 Å². The number of aromatic amines is 1. The van der Waals surface area contributed by atoms with Gasteiger partial charge in [0.15, 0.2) is 0 Å². The van der Waals surface area contributed by atoms with E-state index in [0.717, 1.165) is 10.9 Å². The molecular weight excluding hydrogens is 212 g/mol. The highest BCUT2D eigenvalue weighted by Gasteiger charge is 2.13. The van der Waals surface area contributed by atoms with Crippen LogP contribution in [0.15, 0.2) is 18.2 Å². The first-order valence-corrected chi connectivity index (χ1v) is 5.88. The number of hydrogen-bond donors (Lipinski definition) is 1. The molecule has 1 amide bonds. The van der Waals surface area contributed by atoms with Gasteiger partial charge in [0, 0.05) is 24.5 Å². The van der Waals surface area contributed by atoms with Crippen LogP contribution in [0.5, 0.6) is 0 Å². The SMILES string of the molecule is CCN(C)C(=O)c1cc2c(C)cc(C)cc2[nH]1. The largest absolute Gasteiger partial charge is 0.351 e. The molecule has 1 heterocycles. The molecule has 3 heteroatoms. The van der Waals surface area contributed by atoms with Gasteiger partial charge in [-0.2, -0.15) is 0 Å². The van der Waals surface area contributed by atoms with Crippen molar-refractivity contribution in [1.82, 2.24) is 9.88 Å². The van der Waals surface area contributed by atoms with Crippen molar-refractivity contribution in [2.45, 2.75) is 20.8 Å². The van der Waals surface area contributed by atoms with Crippen molar-refractivity contribution in [3.63, 3.8) is 0 Å². The van der Waals surface area contributed by atoms with Gasteiger partial charge in [-0.05, 0) is 44.0 Å². The molecule has 0 aliphatic rings. The topological polar surface area (TPSA) is 36.1 Å². The minimum Gasteiger partial charge on any atom is -0.351 e. The Bertz CT molecular complexity index is 569. The minimum absolute atomic E-state index is 0.0424. The third-order valence-corrected chi connectivity index (χ3v) is 3.14. The number of H-pyrrole nitrogens is 1. The van der Waals surface area contributed by atoms with Crippen molar-refractivity contribution in [3.05, 3.63) is 35.0 Å². The lowest BCUT2D eigenvalue weighted by Crippen LogP contribution is -2.26. The number of aromatic nitrogens is 1. The Hall–Kier alpha value is -1.77. The molecule has 0 fully saturated rings. The predicted molar refractivity (Wildman–Crippen MR) is 70.4 cm³/mol. The van der Waals surface area contributed by atoms with Crippen LogP contribution in [0.4, 0.5) is 0 Å². The summed E-state index contributed by atoms with van der Waals surface area (Å²) in [6, 6.07) is 6.15. The smallest absolute Gasteiger partial charge is 0.270 e. The van der Waals surface area contributed by atoms with Crippen molar-refractivity contribution in [2.24, 2.45) is 0 Å². The number of amides is 1. The van der Waals surface area contributed by atoms with Crippen LogP contribution in [0.3, 0.4) is 0 Å². The van der Waals surface area contributed by atoms with Crippen LogP contribution >= 0.6 is 0 Å². The van der Waals surface area contributed by atoms with E-state index in [4.69, 9.17) is 0 Å². The molecule has 0 saturated carbocycles. The van der Waals surface area contributed by atoms with Crippen LogP contribution in [-0.2, 0) is 0 Å². The van der Waals surface area contributed by atoms with Gasteiger partial charge in [-0.3, -0.25) is 4.79 Å². The van der Waals surface area contributed by atoms with E-state index >= 15 is 0 Å². The van der Waals surface area contributed by atoms with Gasteiger partial charge < -0.3 is 9.88 Å². The molecule has 90 valence electrons. The number of carbonyl (C=O) groups is 1. The van der Waals surface area contributed by atoms with Crippen molar-refractivity contribution in [1.29, 1.82) is 0 Å². The van der Waals surface area contributed by atoms with E-state index in [1.165, 1.54) is 11.1 Å². The highest BCUT2D eigenvalue weighted by Crippen LogP contribution is 2.21. The highest BCUT2D eigenvalue weighted by molar-refractivity contribution is 5.98. The van der Waals surface area contributed by atoms with Crippen LogP contribution in [0.1, 0.15) is 28.5 Å². The molecule has 0 atom stereocenters. The molecule has 0 spiro atoms. The second-order valence-electron chi connectivity index (χ2n) is 4.55. The number of nitrogens with one attached hydrogen (secondary N) is 1. The molecule has 2 aromatic rings. The Morgan fingerprint density at radius 1 is 1.29 bits per heavy atom. The lowest BCUT2D eigenvalue weighted by Gasteiger charge is -2.12. The van der Waals surface area contributed by atoms with Gasteiger partial charge >= 0.3 is 0 Å². The molecule has 1 aromatic carbocycles. The lowest BCUT2D eigenvalue weighted by molar-refractivity contribution is 0.0797. The van der Waals surface area contributed by atoms with E-state index in [1.54, 1.807) is 4.90 Å². The first-order valence-electron chi connectivity index (χ1n) is 5.88. The molecule has 0 aliphatic heterocycles. The monoisotopic (exact) mass is 230 g/mol. The Morgan fingerprint density at radius 2 is 2.00 bits per heavy atom. The van der Waals surface area contributed by atoms with Crippen LogP contribution in [0, 0.1) is 13.8 Å². The first kappa shape index (κ1) is 11.7. The van der Waals surface area contributed by atoms with Crippen molar-refractivity contribution >= 4 is 16.8 Å². The van der Waals surface area contributed by atoms with Crippen molar-refractivity contribution < 1.29 is 4.79 Å². The third-order valence-electron chi connectivity index (χ3n) is 3.14. The second kappa shape index (κ2) is 4.24. The molecule has 1 aromatic heterocycles. The maximum absolute atomic E-state index is 12.0. The maximum Gasteiger partial charge on any atom is 0.270 e. The number of fused-ring (bicyclic) bond motifs is 1. The summed E-state index contributed by atoms with van der Waals surface area (Å²) >= 11 is 0. The Morgan fingerprint density at radius 3 is 2.65 bits per heavy atom. The zero-order chi connectivity index (χ0) is 12.6. The zero-order valence-electron chi connectivity index (χ0n) is 10.8. The molecule has 0 saturated heterocycles. The number of nitrogens with zero attached hydrogens (tertiary/aromatic N) is 1. The van der Waals surface area contributed by atoms with Gasteiger partial charge in [0.2, 0.25) is 0 Å². The number of carbonyl (C=O) groups excluding carboxylic acids is 1. The second-order valence-corrected chi connectivity index (χ2v) is 4.55. The predicted octanol–water partition coefficient (Wildman–Crippen LogP) is 2.88. The quantitative estimate of drug-likeness (QED) is 0.846. The molecule has 1 N–H and O–H groups in total. The van der Waals surface area contributed by atoms with Gasteiger partial charge in [0.25, 0.3) is 5.91 Å². The summed E-state index contributed by atoms with van der Waals surface area (Å²) < 4.78 is 0. The van der Waals surface area contributed by atoms with Gasteiger partial charge in [0.05, 0.1) is 0 Å². The Balaban J connectivity index is 2.52. The number of hydrogen-bond acceptors (Lipinski definition) is 1. The fourth-order valence-electron chi connectivity index (χ4n) is 2.06. The van der Waals surface area contributed by atoms with Crippen LogP contribution < -0.4 is 0 Å². The maximum atomic E-state index is 12.0. The van der Waals surface area contributed by atoms with Crippen LogP contribution in [0.25, 0.3) is 10.9 Å². The summed E-state index contributed by atoms with van der Waals surface area (Å²) in [5.41, 5.74) is 4.11. The molecule has 0 unspecified atom stereocenters. The summed E-state index contributed by atoms with van der Waals surface area (Å²) in [5, 5.41) is 1.13. The van der Waals surface area contributed by atoms with Crippen LogP contribution in [0.2, 0.25) is 0 Å². The lowest BCUT2D eigenvalue weighted by atomic mass is 10.1. The molecule has 2 rings (SSSR count). The number of aryl methyl sites for hydroxylation is 2. The van der Waals surface area contributed by atoms with Crippen molar-refractivity contribution in [2.75, 3.05) is 13.6 Å². The van der Waals surface area contributed by atoms with E-state index < -0.39 is 0 Å². The average Bonchev–Trinajstić information content (AvgIpc) is 2.70. The Labute approximate surface area is 101 Å². The van der Waals surface area contributed by atoms with Gasteiger partial charge in [0.1, 0.15) is 5.69 Å². The standard InChI is InChI=1S/C14H18N2O/c1-5-16(4)14(17)13-8-11-10(3)6-9(2)7-12(11)15-13/h6-8,15H,5H2,1-4H3. The average molecular weight is 230 g/mol. The normalized spacial score (nSPS) is 10.8. The van der Waals surface area contributed by atoms with Gasteiger partial charge in [-0.25, -0.2) is 0 Å². The molecule has 0 bridgehead atoms. The molecule has 0 radical (unpaired) electrons. The zero-order valence-corrected chi connectivity index (χ0v) is 10.8. The molecule has 0 aliphatic carbocycles. The summed E-state index contributed by atoms with van der Waals surface area (Å²) in [6.07, 6.45) is 0. The third kappa shape index (κ3) is 2.05. The van der Waals surface area contributed by atoms with Gasteiger partial charge in [-0.1, -0.05) is 6.07 Å². The van der Waals surface area contributed by atoms with E-state index in [9.17, 15) is 4.79 Å². The molecule has 3 nitrogen and oxygen atoms in total. The highest BCUT2D eigenvalue weighted by atomic mass is 16.2. The Kier molecular flexibility index (Phi) is 2.92. The fourth-order valence-corrected chi connectivity index (χ4v) is 2.06. The summed E-state index contributed by atoms with van der Waals surface area (Å²) in [4.78, 5) is 16.9.